The topological polar surface area (TPSA) is 53.8 Å². The van der Waals surface area contributed by atoms with E-state index in [4.69, 9.17) is 4.74 Å². The van der Waals surface area contributed by atoms with Crippen LogP contribution in [0.3, 0.4) is 0 Å². The lowest BCUT2D eigenvalue weighted by Gasteiger charge is -2.10. The van der Waals surface area contributed by atoms with Gasteiger partial charge in [-0.15, -0.1) is 0 Å². The van der Waals surface area contributed by atoms with Crippen LogP contribution in [0.15, 0.2) is 48.5 Å². The molecule has 0 unspecified atom stereocenters. The molecule has 110 valence electrons. The molecule has 0 bridgehead atoms. The summed E-state index contributed by atoms with van der Waals surface area (Å²) in [6, 6.07) is 14.4. The number of benzene rings is 2. The number of carbonyl (C=O) groups excluding carboxylic acids is 1. The summed E-state index contributed by atoms with van der Waals surface area (Å²) in [6.45, 7) is 1.61. The number of carboxylic acids is 1. The third-order valence-corrected chi connectivity index (χ3v) is 3.16. The molecule has 2 rings (SSSR count). The fourth-order valence-corrected chi connectivity index (χ4v) is 1.94. The Morgan fingerprint density at radius 2 is 1.81 bits per heavy atom. The zero-order valence-electron chi connectivity index (χ0n) is 12.3. The quantitative estimate of drug-likeness (QED) is 0.827. The Kier molecular flexibility index (Phi) is 4.95. The summed E-state index contributed by atoms with van der Waals surface area (Å²) < 4.78 is 5.64. The van der Waals surface area contributed by atoms with E-state index in [1.165, 1.54) is 11.0 Å². The van der Waals surface area contributed by atoms with Gasteiger partial charge in [0.05, 0.1) is 20.1 Å². The Labute approximate surface area is 124 Å². The maximum Gasteiger partial charge on any atom is 0.137 e. The molecule has 2 aromatic rings. The molecule has 0 saturated carbocycles. The molecule has 0 saturated heterocycles. The predicted molar refractivity (Wildman–Crippen MR) is 79.4 cm³/mol. The number of rotatable bonds is 6. The molecule has 0 radical (unpaired) electrons. The maximum absolute atomic E-state index is 10.9. The summed E-state index contributed by atoms with van der Waals surface area (Å²) in [5, 5.41) is 10.9. The summed E-state index contributed by atoms with van der Waals surface area (Å²) in [6.07, 6.45) is 0. The Morgan fingerprint density at radius 3 is 2.43 bits per heavy atom. The number of aromatic carboxylic acids is 1. The Bertz CT molecular complexity index is 606. The lowest BCUT2D eigenvalue weighted by Crippen LogP contribution is -3.06. The molecule has 0 aliphatic heterocycles. The second kappa shape index (κ2) is 6.90. The van der Waals surface area contributed by atoms with Gasteiger partial charge >= 0.3 is 0 Å². The zero-order valence-corrected chi connectivity index (χ0v) is 12.3. The van der Waals surface area contributed by atoms with Gasteiger partial charge in [-0.25, -0.2) is 0 Å². The minimum atomic E-state index is -1.16. The minimum absolute atomic E-state index is 0.182. The lowest BCUT2D eigenvalue weighted by atomic mass is 10.0. The summed E-state index contributed by atoms with van der Waals surface area (Å²) >= 11 is 0. The van der Waals surface area contributed by atoms with E-state index in [1.54, 1.807) is 12.1 Å². The van der Waals surface area contributed by atoms with Crippen LogP contribution in [0, 0.1) is 0 Å². The minimum Gasteiger partial charge on any atom is -0.545 e. The van der Waals surface area contributed by atoms with Crippen molar-refractivity contribution in [1.29, 1.82) is 0 Å². The van der Waals surface area contributed by atoms with E-state index in [-0.39, 0.29) is 5.56 Å². The molecule has 0 aliphatic carbocycles. The van der Waals surface area contributed by atoms with Gasteiger partial charge in [-0.3, -0.25) is 0 Å². The van der Waals surface area contributed by atoms with Gasteiger partial charge < -0.3 is 19.5 Å². The second-order valence-corrected chi connectivity index (χ2v) is 5.20. The van der Waals surface area contributed by atoms with Crippen LogP contribution >= 0.6 is 0 Å². The zero-order chi connectivity index (χ0) is 15.2. The molecular weight excluding hydrogens is 266 g/mol. The number of likely N-dealkylation sites (N-methyl/N-ethyl adjacent to an activating group) is 1. The van der Waals surface area contributed by atoms with Crippen molar-refractivity contribution >= 4 is 5.97 Å². The van der Waals surface area contributed by atoms with Crippen molar-refractivity contribution in [2.75, 3.05) is 27.2 Å². The summed E-state index contributed by atoms with van der Waals surface area (Å²) in [5.41, 5.74) is 1.98. The van der Waals surface area contributed by atoms with E-state index in [0.717, 1.165) is 23.4 Å². The highest BCUT2D eigenvalue weighted by atomic mass is 16.5. The predicted octanol–water partition coefficient (Wildman–Crippen LogP) is 0.240. The first-order valence-electron chi connectivity index (χ1n) is 6.90. The summed E-state index contributed by atoms with van der Waals surface area (Å²) in [5.74, 6) is -0.348. The monoisotopic (exact) mass is 285 g/mol. The molecule has 0 aromatic heterocycles. The number of quaternary nitrogens is 1. The van der Waals surface area contributed by atoms with E-state index in [1.807, 2.05) is 30.3 Å². The lowest BCUT2D eigenvalue weighted by molar-refractivity contribution is -0.858. The highest BCUT2D eigenvalue weighted by Crippen LogP contribution is 2.23. The SMILES string of the molecule is C[NH+](C)CCOc1ccc(-c2cccc(C(=O)[O-])c2)cc1. The molecule has 0 aliphatic rings. The molecule has 0 atom stereocenters. The van der Waals surface area contributed by atoms with E-state index in [0.29, 0.717) is 6.61 Å². The average Bonchev–Trinajstić information content (AvgIpc) is 2.48. The molecule has 4 heteroatoms. The third kappa shape index (κ3) is 4.33. The van der Waals surface area contributed by atoms with Crippen LogP contribution in [0.5, 0.6) is 5.75 Å². The van der Waals surface area contributed by atoms with Crippen LogP contribution in [0.25, 0.3) is 11.1 Å². The van der Waals surface area contributed by atoms with Crippen molar-refractivity contribution in [2.45, 2.75) is 0 Å². The normalized spacial score (nSPS) is 10.6. The molecule has 1 N–H and O–H groups in total. The summed E-state index contributed by atoms with van der Waals surface area (Å²) in [4.78, 5) is 12.2. The van der Waals surface area contributed by atoms with Gasteiger partial charge in [-0.05, 0) is 34.9 Å². The van der Waals surface area contributed by atoms with Crippen molar-refractivity contribution in [3.63, 3.8) is 0 Å². The first kappa shape index (κ1) is 15.1. The standard InChI is InChI=1S/C17H19NO3/c1-18(2)10-11-21-16-8-6-13(7-9-16)14-4-3-5-15(12-14)17(19)20/h3-9,12H,10-11H2,1-2H3,(H,19,20). The van der Waals surface area contributed by atoms with Crippen molar-refractivity contribution in [3.05, 3.63) is 54.1 Å². The van der Waals surface area contributed by atoms with E-state index < -0.39 is 5.97 Å². The van der Waals surface area contributed by atoms with Crippen LogP contribution in [-0.4, -0.2) is 33.2 Å². The maximum atomic E-state index is 10.9. The Balaban J connectivity index is 2.08. The molecule has 0 amide bonds. The second-order valence-electron chi connectivity index (χ2n) is 5.20. The van der Waals surface area contributed by atoms with Crippen LogP contribution in [-0.2, 0) is 0 Å². The van der Waals surface area contributed by atoms with Gasteiger partial charge in [0.15, 0.2) is 0 Å². The van der Waals surface area contributed by atoms with Gasteiger partial charge in [0.2, 0.25) is 0 Å². The van der Waals surface area contributed by atoms with Gasteiger partial charge in [0.25, 0.3) is 0 Å². The molecule has 0 heterocycles. The fourth-order valence-electron chi connectivity index (χ4n) is 1.94. The number of carbonyl (C=O) groups is 1. The van der Waals surface area contributed by atoms with Crippen molar-refractivity contribution in [3.8, 4) is 16.9 Å². The van der Waals surface area contributed by atoms with E-state index >= 15 is 0 Å². The Hall–Kier alpha value is -2.33. The number of hydrogen-bond acceptors (Lipinski definition) is 3. The number of ether oxygens (including phenoxy) is 1. The van der Waals surface area contributed by atoms with Gasteiger partial charge in [0, 0.05) is 0 Å². The van der Waals surface area contributed by atoms with E-state index in [2.05, 4.69) is 14.1 Å². The first-order valence-corrected chi connectivity index (χ1v) is 6.90. The summed E-state index contributed by atoms with van der Waals surface area (Å²) in [7, 11) is 4.16. The molecule has 21 heavy (non-hydrogen) atoms. The molecule has 4 nitrogen and oxygen atoms in total. The molecule has 0 fully saturated rings. The molecule has 2 aromatic carbocycles. The highest BCUT2D eigenvalue weighted by Gasteiger charge is 2.02. The van der Waals surface area contributed by atoms with E-state index in [9.17, 15) is 9.90 Å². The van der Waals surface area contributed by atoms with Crippen LogP contribution in [0.2, 0.25) is 0 Å². The molecular formula is C17H19NO3. The van der Waals surface area contributed by atoms with Crippen molar-refractivity contribution in [2.24, 2.45) is 0 Å². The number of carboxylic acid groups (broad SMARTS) is 1. The largest absolute Gasteiger partial charge is 0.545 e. The van der Waals surface area contributed by atoms with Crippen LogP contribution < -0.4 is 14.7 Å². The smallest absolute Gasteiger partial charge is 0.137 e. The van der Waals surface area contributed by atoms with Crippen molar-refractivity contribution < 1.29 is 19.5 Å². The van der Waals surface area contributed by atoms with Gasteiger partial charge in [0.1, 0.15) is 18.9 Å². The van der Waals surface area contributed by atoms with Crippen LogP contribution in [0.1, 0.15) is 10.4 Å². The van der Waals surface area contributed by atoms with Crippen molar-refractivity contribution in [1.82, 2.24) is 0 Å². The fraction of sp³-hybridized carbons (Fsp3) is 0.235. The van der Waals surface area contributed by atoms with Gasteiger partial charge in [-0.1, -0.05) is 30.3 Å². The highest BCUT2D eigenvalue weighted by molar-refractivity contribution is 5.87. The molecule has 0 spiro atoms. The average molecular weight is 285 g/mol. The first-order chi connectivity index (χ1) is 10.1. The number of nitrogens with one attached hydrogen (secondary N) is 1. The Morgan fingerprint density at radius 1 is 1.10 bits per heavy atom. The third-order valence-electron chi connectivity index (χ3n) is 3.16. The van der Waals surface area contributed by atoms with Gasteiger partial charge in [-0.2, -0.15) is 0 Å². The van der Waals surface area contributed by atoms with Crippen LogP contribution in [0.4, 0.5) is 0 Å². The number of hydrogen-bond donors (Lipinski definition) is 1.